The van der Waals surface area contributed by atoms with Gasteiger partial charge in [-0.05, 0) is 37.5 Å². The summed E-state index contributed by atoms with van der Waals surface area (Å²) in [7, 11) is 1.60. The van der Waals surface area contributed by atoms with Crippen molar-refractivity contribution in [3.8, 4) is 11.5 Å². The van der Waals surface area contributed by atoms with Crippen LogP contribution in [0.1, 0.15) is 39.7 Å². The second kappa shape index (κ2) is 8.15. The van der Waals surface area contributed by atoms with Crippen molar-refractivity contribution in [2.24, 2.45) is 0 Å². The Kier molecular flexibility index (Phi) is 5.45. The van der Waals surface area contributed by atoms with E-state index in [1.165, 1.54) is 11.3 Å². The first-order chi connectivity index (χ1) is 13.7. The minimum Gasteiger partial charge on any atom is -0.454 e. The van der Waals surface area contributed by atoms with Crippen molar-refractivity contribution in [3.05, 3.63) is 34.3 Å². The molecular formula is C19H21N3O5S. The van der Waals surface area contributed by atoms with Crippen molar-refractivity contribution in [1.82, 2.24) is 10.3 Å². The molecule has 1 atom stereocenters. The highest BCUT2D eigenvalue weighted by molar-refractivity contribution is 7.16. The van der Waals surface area contributed by atoms with Crippen LogP contribution in [0.5, 0.6) is 11.5 Å². The van der Waals surface area contributed by atoms with E-state index in [-0.39, 0.29) is 24.5 Å². The van der Waals surface area contributed by atoms with Crippen molar-refractivity contribution in [3.63, 3.8) is 0 Å². The van der Waals surface area contributed by atoms with E-state index in [2.05, 4.69) is 15.6 Å². The average molecular weight is 403 g/mol. The third-order valence-corrected chi connectivity index (χ3v) is 5.78. The number of nitrogens with one attached hydrogen (secondary N) is 2. The number of amides is 2. The van der Waals surface area contributed by atoms with E-state index in [0.29, 0.717) is 35.3 Å². The van der Waals surface area contributed by atoms with E-state index in [9.17, 15) is 9.59 Å². The third kappa shape index (κ3) is 3.81. The number of fused-ring (bicyclic) bond motifs is 2. The molecular weight excluding hydrogens is 382 g/mol. The molecule has 0 radical (unpaired) electrons. The fraction of sp³-hybridized carbons (Fsp3) is 0.421. The lowest BCUT2D eigenvalue weighted by molar-refractivity contribution is -0.123. The molecule has 2 N–H and O–H groups in total. The van der Waals surface area contributed by atoms with Crippen LogP contribution in [-0.4, -0.2) is 43.9 Å². The Hall–Kier alpha value is -2.65. The molecule has 1 aromatic heterocycles. The quantitative estimate of drug-likeness (QED) is 0.718. The number of ether oxygens (including phenoxy) is 3. The number of hydrogen-bond acceptors (Lipinski definition) is 7. The summed E-state index contributed by atoms with van der Waals surface area (Å²) in [5.74, 6) is 0.581. The molecule has 1 aliphatic carbocycles. The molecule has 2 aliphatic rings. The van der Waals surface area contributed by atoms with Gasteiger partial charge in [0.25, 0.3) is 5.91 Å². The Labute approximate surface area is 166 Å². The van der Waals surface area contributed by atoms with E-state index < -0.39 is 0 Å². The van der Waals surface area contributed by atoms with Crippen molar-refractivity contribution >= 4 is 28.3 Å². The van der Waals surface area contributed by atoms with Crippen LogP contribution in [0, 0.1) is 0 Å². The smallest absolute Gasteiger partial charge is 0.257 e. The number of carbonyl (C=O) groups is 2. The number of nitrogens with zero attached hydrogens (tertiary/aromatic N) is 1. The Morgan fingerprint density at radius 2 is 2.18 bits per heavy atom. The molecule has 2 heterocycles. The van der Waals surface area contributed by atoms with Gasteiger partial charge in [-0.15, -0.1) is 11.3 Å². The normalized spacial score (nSPS) is 17.1. The Balaban J connectivity index is 1.46. The molecule has 1 aliphatic heterocycles. The number of anilines is 1. The Morgan fingerprint density at radius 3 is 3.04 bits per heavy atom. The molecule has 148 valence electrons. The van der Waals surface area contributed by atoms with Crippen LogP contribution in [0.3, 0.4) is 0 Å². The first kappa shape index (κ1) is 18.7. The van der Waals surface area contributed by atoms with E-state index >= 15 is 0 Å². The molecule has 9 heteroatoms. The second-order valence-electron chi connectivity index (χ2n) is 6.58. The van der Waals surface area contributed by atoms with Crippen LogP contribution in [0.25, 0.3) is 0 Å². The first-order valence-electron chi connectivity index (χ1n) is 9.13. The van der Waals surface area contributed by atoms with Gasteiger partial charge in [-0.1, -0.05) is 0 Å². The maximum absolute atomic E-state index is 12.6. The van der Waals surface area contributed by atoms with Crippen LogP contribution < -0.4 is 20.1 Å². The molecule has 1 aromatic carbocycles. The lowest BCUT2D eigenvalue weighted by atomic mass is 9.90. The van der Waals surface area contributed by atoms with Crippen molar-refractivity contribution in [2.75, 3.05) is 32.4 Å². The molecule has 0 saturated heterocycles. The van der Waals surface area contributed by atoms with E-state index in [1.807, 2.05) is 0 Å². The second-order valence-corrected chi connectivity index (χ2v) is 7.66. The number of methoxy groups -OCH3 is 1. The SMILES string of the molecule is COCCNC(=O)[C@@H]1CCCc2sc(NC(=O)c3ccc4c(c3)OCO4)nc21. The van der Waals surface area contributed by atoms with Crippen molar-refractivity contribution < 1.29 is 23.8 Å². The minimum absolute atomic E-state index is 0.0445. The third-order valence-electron chi connectivity index (χ3n) is 4.73. The zero-order chi connectivity index (χ0) is 19.5. The zero-order valence-electron chi connectivity index (χ0n) is 15.4. The van der Waals surface area contributed by atoms with E-state index in [1.54, 1.807) is 25.3 Å². The highest BCUT2D eigenvalue weighted by Gasteiger charge is 2.30. The molecule has 4 rings (SSSR count). The number of aromatic nitrogens is 1. The molecule has 0 saturated carbocycles. The van der Waals surface area contributed by atoms with Gasteiger partial charge in [-0.2, -0.15) is 0 Å². The van der Waals surface area contributed by atoms with Crippen LogP contribution in [-0.2, 0) is 16.0 Å². The summed E-state index contributed by atoms with van der Waals surface area (Å²) < 4.78 is 15.6. The maximum atomic E-state index is 12.6. The summed E-state index contributed by atoms with van der Waals surface area (Å²) >= 11 is 1.43. The highest BCUT2D eigenvalue weighted by atomic mass is 32.1. The number of carbonyl (C=O) groups excluding carboxylic acids is 2. The largest absolute Gasteiger partial charge is 0.454 e. The van der Waals surface area contributed by atoms with Crippen LogP contribution in [0.4, 0.5) is 5.13 Å². The lowest BCUT2D eigenvalue weighted by Crippen LogP contribution is -2.33. The van der Waals surface area contributed by atoms with E-state index in [0.717, 1.165) is 29.8 Å². The Bertz CT molecular complexity index is 898. The standard InChI is InChI=1S/C19H21N3O5S/c1-25-8-7-20-18(24)12-3-2-4-15-16(12)21-19(28-15)22-17(23)11-5-6-13-14(9-11)27-10-26-13/h5-6,9,12H,2-4,7-8,10H2,1H3,(H,20,24)(H,21,22,23)/t12-/m1/s1. The summed E-state index contributed by atoms with van der Waals surface area (Å²) in [6.45, 7) is 1.10. The van der Waals surface area contributed by atoms with E-state index in [4.69, 9.17) is 14.2 Å². The summed E-state index contributed by atoms with van der Waals surface area (Å²) in [6, 6.07) is 5.05. The summed E-state index contributed by atoms with van der Waals surface area (Å²) in [5.41, 5.74) is 1.23. The van der Waals surface area contributed by atoms with Crippen LogP contribution in [0.2, 0.25) is 0 Å². The lowest BCUT2D eigenvalue weighted by Gasteiger charge is -2.20. The predicted octanol–water partition coefficient (Wildman–Crippen LogP) is 2.31. The molecule has 2 aromatic rings. The molecule has 0 fully saturated rings. The van der Waals surface area contributed by atoms with Gasteiger partial charge in [0.1, 0.15) is 0 Å². The van der Waals surface area contributed by atoms with Crippen molar-refractivity contribution in [1.29, 1.82) is 0 Å². The molecule has 0 bridgehead atoms. The first-order valence-corrected chi connectivity index (χ1v) is 9.94. The average Bonchev–Trinajstić information content (AvgIpc) is 3.33. The molecule has 8 nitrogen and oxygen atoms in total. The summed E-state index contributed by atoms with van der Waals surface area (Å²) in [6.07, 6.45) is 2.55. The number of aryl methyl sites for hydroxylation is 1. The van der Waals surface area contributed by atoms with Crippen LogP contribution >= 0.6 is 11.3 Å². The van der Waals surface area contributed by atoms with Gasteiger partial charge in [0, 0.05) is 24.1 Å². The number of rotatable bonds is 6. The number of hydrogen-bond donors (Lipinski definition) is 2. The van der Waals surface area contributed by atoms with Gasteiger partial charge >= 0.3 is 0 Å². The minimum atomic E-state index is -0.284. The Morgan fingerprint density at radius 1 is 1.32 bits per heavy atom. The topological polar surface area (TPSA) is 98.8 Å². The predicted molar refractivity (Wildman–Crippen MR) is 103 cm³/mol. The zero-order valence-corrected chi connectivity index (χ0v) is 16.3. The molecule has 0 unspecified atom stereocenters. The fourth-order valence-electron chi connectivity index (χ4n) is 3.33. The maximum Gasteiger partial charge on any atom is 0.257 e. The van der Waals surface area contributed by atoms with Gasteiger partial charge in [0.05, 0.1) is 18.2 Å². The van der Waals surface area contributed by atoms with Gasteiger partial charge in [-0.25, -0.2) is 4.98 Å². The number of benzene rings is 1. The van der Waals surface area contributed by atoms with Crippen LogP contribution in [0.15, 0.2) is 18.2 Å². The van der Waals surface area contributed by atoms with Crippen molar-refractivity contribution in [2.45, 2.75) is 25.2 Å². The summed E-state index contributed by atoms with van der Waals surface area (Å²) in [5, 5.41) is 6.22. The molecule has 0 spiro atoms. The fourth-order valence-corrected chi connectivity index (χ4v) is 4.39. The van der Waals surface area contributed by atoms with Gasteiger partial charge < -0.3 is 19.5 Å². The highest BCUT2D eigenvalue weighted by Crippen LogP contribution is 2.37. The van der Waals surface area contributed by atoms with Gasteiger partial charge in [0.15, 0.2) is 16.6 Å². The number of thiazole rings is 1. The summed E-state index contributed by atoms with van der Waals surface area (Å²) in [4.78, 5) is 30.7. The monoisotopic (exact) mass is 403 g/mol. The van der Waals surface area contributed by atoms with Gasteiger partial charge in [-0.3, -0.25) is 14.9 Å². The molecule has 2 amide bonds. The van der Waals surface area contributed by atoms with Gasteiger partial charge in [0.2, 0.25) is 12.7 Å². The molecule has 28 heavy (non-hydrogen) atoms.